The maximum absolute atomic E-state index is 12.3. The Morgan fingerprint density at radius 1 is 1.32 bits per heavy atom. The first-order chi connectivity index (χ1) is 12.1. The highest BCUT2D eigenvalue weighted by atomic mass is 16.5. The molecule has 1 fully saturated rings. The second-order valence-corrected chi connectivity index (χ2v) is 6.50. The van der Waals surface area contributed by atoms with Crippen molar-refractivity contribution in [3.8, 4) is 5.82 Å². The number of nitrogens with one attached hydrogen (secondary N) is 1. The Kier molecular flexibility index (Phi) is 5.78. The van der Waals surface area contributed by atoms with E-state index in [1.54, 1.807) is 41.6 Å². The first-order valence-electron chi connectivity index (χ1n) is 8.72. The van der Waals surface area contributed by atoms with Crippen LogP contribution >= 0.6 is 0 Å². The molecule has 1 N–H and O–H groups in total. The van der Waals surface area contributed by atoms with Crippen molar-refractivity contribution in [1.82, 2.24) is 24.8 Å². The van der Waals surface area contributed by atoms with Crippen molar-refractivity contribution in [2.45, 2.75) is 32.5 Å². The maximum atomic E-state index is 12.3. The van der Waals surface area contributed by atoms with E-state index in [0.29, 0.717) is 17.9 Å². The Morgan fingerprint density at radius 3 is 2.84 bits per heavy atom. The van der Waals surface area contributed by atoms with Gasteiger partial charge < -0.3 is 10.1 Å². The minimum Gasteiger partial charge on any atom is -0.373 e. The van der Waals surface area contributed by atoms with Gasteiger partial charge in [-0.15, -0.1) is 0 Å². The predicted octanol–water partition coefficient (Wildman–Crippen LogP) is 1.50. The highest BCUT2D eigenvalue weighted by molar-refractivity contribution is 5.94. The number of hydrogen-bond donors (Lipinski definition) is 1. The summed E-state index contributed by atoms with van der Waals surface area (Å²) in [6.45, 7) is 7.74. The molecular weight excluding hydrogens is 318 g/mol. The van der Waals surface area contributed by atoms with Crippen LogP contribution in [0.1, 0.15) is 30.6 Å². The van der Waals surface area contributed by atoms with E-state index in [1.165, 1.54) is 0 Å². The topological polar surface area (TPSA) is 72.3 Å². The average molecular weight is 343 g/mol. The summed E-state index contributed by atoms with van der Waals surface area (Å²) in [5.41, 5.74) is 0.604. The maximum Gasteiger partial charge on any atom is 0.251 e. The van der Waals surface area contributed by atoms with Gasteiger partial charge >= 0.3 is 0 Å². The molecule has 1 amide bonds. The van der Waals surface area contributed by atoms with Gasteiger partial charge in [0, 0.05) is 50.3 Å². The summed E-state index contributed by atoms with van der Waals surface area (Å²) >= 11 is 0. The molecule has 0 radical (unpaired) electrons. The van der Waals surface area contributed by atoms with Gasteiger partial charge in [-0.3, -0.25) is 14.3 Å². The zero-order chi connectivity index (χ0) is 17.6. The normalized spacial score (nSPS) is 21.2. The molecule has 0 bridgehead atoms. The van der Waals surface area contributed by atoms with E-state index in [-0.39, 0.29) is 18.1 Å². The van der Waals surface area contributed by atoms with E-state index in [0.717, 1.165) is 26.1 Å². The van der Waals surface area contributed by atoms with Gasteiger partial charge in [0.1, 0.15) is 12.1 Å². The largest absolute Gasteiger partial charge is 0.373 e. The number of nitrogens with zero attached hydrogens (tertiary/aromatic N) is 4. The molecule has 3 rings (SSSR count). The highest BCUT2D eigenvalue weighted by Gasteiger charge is 2.21. The molecule has 0 aliphatic carbocycles. The number of amides is 1. The van der Waals surface area contributed by atoms with E-state index in [4.69, 9.17) is 4.74 Å². The van der Waals surface area contributed by atoms with Crippen molar-refractivity contribution < 1.29 is 9.53 Å². The van der Waals surface area contributed by atoms with Crippen molar-refractivity contribution in [3.05, 3.63) is 42.6 Å². The van der Waals surface area contributed by atoms with Gasteiger partial charge in [-0.1, -0.05) is 0 Å². The van der Waals surface area contributed by atoms with Crippen molar-refractivity contribution in [2.24, 2.45) is 0 Å². The second-order valence-electron chi connectivity index (χ2n) is 6.50. The molecule has 25 heavy (non-hydrogen) atoms. The fraction of sp³-hybridized carbons (Fsp3) is 0.500. The van der Waals surface area contributed by atoms with Gasteiger partial charge in [0.2, 0.25) is 0 Å². The number of rotatable bonds is 6. The summed E-state index contributed by atoms with van der Waals surface area (Å²) in [5.74, 6) is 0.605. The number of pyridine rings is 1. The van der Waals surface area contributed by atoms with E-state index in [1.807, 2.05) is 0 Å². The first kappa shape index (κ1) is 17.6. The fourth-order valence-corrected chi connectivity index (χ4v) is 3.17. The van der Waals surface area contributed by atoms with Crippen LogP contribution in [0.2, 0.25) is 0 Å². The quantitative estimate of drug-likeness (QED) is 0.805. The summed E-state index contributed by atoms with van der Waals surface area (Å²) in [6, 6.07) is 3.49. The van der Waals surface area contributed by atoms with Crippen molar-refractivity contribution in [2.75, 3.05) is 26.2 Å². The molecule has 0 aromatic carbocycles. The fourth-order valence-electron chi connectivity index (χ4n) is 3.17. The first-order valence-corrected chi connectivity index (χ1v) is 8.72. The van der Waals surface area contributed by atoms with Crippen LogP contribution in [-0.4, -0.2) is 63.7 Å². The third kappa shape index (κ3) is 4.87. The van der Waals surface area contributed by atoms with E-state index in [2.05, 4.69) is 34.0 Å². The molecular formula is C18H25N5O2. The van der Waals surface area contributed by atoms with Crippen molar-refractivity contribution >= 4 is 5.91 Å². The van der Waals surface area contributed by atoms with Gasteiger partial charge in [-0.25, -0.2) is 9.97 Å². The van der Waals surface area contributed by atoms with E-state index in [9.17, 15) is 4.79 Å². The number of ether oxygens (including phenoxy) is 1. The molecule has 1 aliphatic rings. The summed E-state index contributed by atoms with van der Waals surface area (Å²) in [5, 5.41) is 2.98. The highest BCUT2D eigenvalue weighted by Crippen LogP contribution is 2.11. The number of aromatic nitrogens is 3. The number of hydrogen-bond acceptors (Lipinski definition) is 5. The van der Waals surface area contributed by atoms with Crippen LogP contribution < -0.4 is 5.32 Å². The molecule has 2 atom stereocenters. The lowest BCUT2D eigenvalue weighted by Gasteiger charge is -2.35. The SMILES string of the molecule is C[C@@H]1CN(CCCNC(=O)c2ccnc(-n3ccnc3)c2)C[C@@H](C)O1. The van der Waals surface area contributed by atoms with Crippen LogP contribution in [0.25, 0.3) is 5.82 Å². The molecule has 3 heterocycles. The Balaban J connectivity index is 1.46. The minimum absolute atomic E-state index is 0.0764. The van der Waals surface area contributed by atoms with Crippen LogP contribution in [0, 0.1) is 0 Å². The van der Waals surface area contributed by atoms with Gasteiger partial charge in [0.05, 0.1) is 12.2 Å². The number of morpholine rings is 1. The molecule has 0 spiro atoms. The molecule has 134 valence electrons. The molecule has 2 aromatic rings. The third-order valence-corrected chi connectivity index (χ3v) is 4.21. The molecule has 7 nitrogen and oxygen atoms in total. The Morgan fingerprint density at radius 2 is 2.12 bits per heavy atom. The monoisotopic (exact) mass is 343 g/mol. The smallest absolute Gasteiger partial charge is 0.251 e. The molecule has 7 heteroatoms. The summed E-state index contributed by atoms with van der Waals surface area (Å²) in [4.78, 5) is 23.0. The molecule has 0 unspecified atom stereocenters. The Hall–Kier alpha value is -2.25. The second kappa shape index (κ2) is 8.22. The summed E-state index contributed by atoms with van der Waals surface area (Å²) < 4.78 is 7.51. The van der Waals surface area contributed by atoms with Gasteiger partial charge in [-0.2, -0.15) is 0 Å². The molecule has 2 aromatic heterocycles. The minimum atomic E-state index is -0.0764. The van der Waals surface area contributed by atoms with Gasteiger partial charge in [-0.05, 0) is 32.4 Å². The molecule has 1 saturated heterocycles. The standard InChI is InChI=1S/C18H25N5O2/c1-14-11-22(12-15(2)25-14)8-3-5-21-18(24)16-4-6-20-17(10-16)23-9-7-19-13-23/h4,6-7,9-10,13-15H,3,5,8,11-12H2,1-2H3,(H,21,24)/t14-,15-/m1/s1. The van der Waals surface area contributed by atoms with Crippen molar-refractivity contribution in [1.29, 1.82) is 0 Å². The zero-order valence-electron chi connectivity index (χ0n) is 14.8. The zero-order valence-corrected chi connectivity index (χ0v) is 14.8. The van der Waals surface area contributed by atoms with Crippen molar-refractivity contribution in [3.63, 3.8) is 0 Å². The lowest BCUT2D eigenvalue weighted by molar-refractivity contribution is -0.0679. The average Bonchev–Trinajstić information content (AvgIpc) is 3.12. The molecule has 0 saturated carbocycles. The van der Waals surface area contributed by atoms with E-state index >= 15 is 0 Å². The molecule has 1 aliphatic heterocycles. The lowest BCUT2D eigenvalue weighted by atomic mass is 10.2. The third-order valence-electron chi connectivity index (χ3n) is 4.21. The van der Waals surface area contributed by atoms with Crippen LogP contribution in [0.5, 0.6) is 0 Å². The van der Waals surface area contributed by atoms with E-state index < -0.39 is 0 Å². The number of imidazole rings is 1. The van der Waals surface area contributed by atoms with Crippen LogP contribution in [-0.2, 0) is 4.74 Å². The number of carbonyl (C=O) groups is 1. The lowest BCUT2D eigenvalue weighted by Crippen LogP contribution is -2.46. The van der Waals surface area contributed by atoms with Gasteiger partial charge in [0.25, 0.3) is 5.91 Å². The summed E-state index contributed by atoms with van der Waals surface area (Å²) in [6.07, 6.45) is 8.25. The van der Waals surface area contributed by atoms with Crippen LogP contribution in [0.15, 0.2) is 37.1 Å². The summed E-state index contributed by atoms with van der Waals surface area (Å²) in [7, 11) is 0. The van der Waals surface area contributed by atoms with Gasteiger partial charge in [0.15, 0.2) is 0 Å². The Labute approximate surface area is 148 Å². The Bertz CT molecular complexity index is 679. The number of carbonyl (C=O) groups excluding carboxylic acids is 1. The van der Waals surface area contributed by atoms with Crippen LogP contribution in [0.3, 0.4) is 0 Å². The predicted molar refractivity (Wildman–Crippen MR) is 94.8 cm³/mol. The van der Waals surface area contributed by atoms with Crippen LogP contribution in [0.4, 0.5) is 0 Å².